The number of para-hydroxylation sites is 1. The average molecular weight is 336 g/mol. The van der Waals surface area contributed by atoms with Gasteiger partial charge in [-0.15, -0.1) is 0 Å². The second kappa shape index (κ2) is 8.30. The van der Waals surface area contributed by atoms with Crippen LogP contribution < -0.4 is 5.32 Å². The van der Waals surface area contributed by atoms with Crippen LogP contribution in [0.3, 0.4) is 0 Å². The Kier molecular flexibility index (Phi) is 5.87. The Labute approximate surface area is 151 Å². The fraction of sp³-hybridized carbons (Fsp3) is 0.409. The summed E-state index contributed by atoms with van der Waals surface area (Å²) in [5, 5.41) is 3.04. The van der Waals surface area contributed by atoms with Crippen molar-refractivity contribution in [3.05, 3.63) is 65.2 Å². The monoisotopic (exact) mass is 336 g/mol. The van der Waals surface area contributed by atoms with Gasteiger partial charge in [-0.3, -0.25) is 9.69 Å². The van der Waals surface area contributed by atoms with Crippen LogP contribution in [0.15, 0.2) is 48.5 Å². The highest BCUT2D eigenvalue weighted by atomic mass is 16.1. The normalized spacial score (nSPS) is 18.1. The van der Waals surface area contributed by atoms with Gasteiger partial charge in [0.2, 0.25) is 0 Å². The maximum absolute atomic E-state index is 12.5. The maximum Gasteiger partial charge on any atom is 0.255 e. The van der Waals surface area contributed by atoms with E-state index in [1.807, 2.05) is 30.3 Å². The molecule has 0 aliphatic carbocycles. The third-order valence-corrected chi connectivity index (χ3v) is 5.01. The highest BCUT2D eigenvalue weighted by Crippen LogP contribution is 2.19. The molecule has 0 aromatic heterocycles. The van der Waals surface area contributed by atoms with E-state index in [0.717, 1.165) is 30.1 Å². The summed E-state index contributed by atoms with van der Waals surface area (Å²) < 4.78 is 0. The largest absolute Gasteiger partial charge is 0.322 e. The number of carbonyl (C=O) groups excluding carboxylic acids is 1. The maximum atomic E-state index is 12.5. The molecule has 2 aromatic carbocycles. The molecule has 0 spiro atoms. The molecule has 0 unspecified atom stereocenters. The number of nitrogens with zero attached hydrogens (tertiary/aromatic N) is 1. The zero-order valence-electron chi connectivity index (χ0n) is 15.3. The van der Waals surface area contributed by atoms with E-state index in [-0.39, 0.29) is 5.91 Å². The van der Waals surface area contributed by atoms with Crippen molar-refractivity contribution in [3.63, 3.8) is 0 Å². The van der Waals surface area contributed by atoms with Gasteiger partial charge in [0.25, 0.3) is 5.91 Å². The summed E-state index contributed by atoms with van der Waals surface area (Å²) in [5.74, 6) is 0.747. The molecule has 0 radical (unpaired) electrons. The number of piperidine rings is 1. The molecule has 1 aliphatic rings. The van der Waals surface area contributed by atoms with Crippen molar-refractivity contribution in [2.24, 2.45) is 5.92 Å². The van der Waals surface area contributed by atoms with Crippen LogP contribution >= 0.6 is 0 Å². The molecule has 0 bridgehead atoms. The van der Waals surface area contributed by atoms with Crippen LogP contribution in [0.1, 0.15) is 48.2 Å². The highest BCUT2D eigenvalue weighted by molar-refractivity contribution is 6.04. The van der Waals surface area contributed by atoms with E-state index in [1.54, 1.807) is 0 Å². The first-order valence-corrected chi connectivity index (χ1v) is 9.36. The van der Waals surface area contributed by atoms with Crippen molar-refractivity contribution in [2.75, 3.05) is 18.4 Å². The lowest BCUT2D eigenvalue weighted by atomic mass is 9.99. The number of hydrogen-bond acceptors (Lipinski definition) is 2. The van der Waals surface area contributed by atoms with Crippen LogP contribution in [-0.2, 0) is 13.0 Å². The molecule has 1 saturated heterocycles. The first-order chi connectivity index (χ1) is 12.2. The Bertz CT molecular complexity index is 708. The number of aryl methyl sites for hydroxylation is 1. The van der Waals surface area contributed by atoms with E-state index in [4.69, 9.17) is 0 Å². The Morgan fingerprint density at radius 2 is 1.92 bits per heavy atom. The lowest BCUT2D eigenvalue weighted by Gasteiger charge is -2.30. The van der Waals surface area contributed by atoms with Gasteiger partial charge in [-0.2, -0.15) is 0 Å². The van der Waals surface area contributed by atoms with E-state index in [2.05, 4.69) is 42.3 Å². The molecule has 0 saturated carbocycles. The summed E-state index contributed by atoms with van der Waals surface area (Å²) in [5.41, 5.74) is 4.05. The molecule has 3 rings (SSSR count). The molecule has 132 valence electrons. The molecule has 1 N–H and O–H groups in total. The zero-order chi connectivity index (χ0) is 17.6. The third-order valence-electron chi connectivity index (χ3n) is 5.01. The number of benzene rings is 2. The van der Waals surface area contributed by atoms with E-state index in [9.17, 15) is 4.79 Å². The summed E-state index contributed by atoms with van der Waals surface area (Å²) in [6.07, 6.45) is 3.54. The minimum atomic E-state index is -0.0426. The summed E-state index contributed by atoms with van der Waals surface area (Å²) >= 11 is 0. The highest BCUT2D eigenvalue weighted by Gasteiger charge is 2.16. The van der Waals surface area contributed by atoms with Crippen LogP contribution in [0, 0.1) is 5.92 Å². The third kappa shape index (κ3) is 4.70. The molecule has 3 heteroatoms. The number of anilines is 1. The summed E-state index contributed by atoms with van der Waals surface area (Å²) in [7, 11) is 0. The molecule has 1 amide bonds. The molecule has 1 aliphatic heterocycles. The number of likely N-dealkylation sites (tertiary alicyclic amines) is 1. The van der Waals surface area contributed by atoms with Crippen molar-refractivity contribution in [2.45, 2.75) is 39.7 Å². The second-order valence-electron chi connectivity index (χ2n) is 7.14. The van der Waals surface area contributed by atoms with Gasteiger partial charge in [0.1, 0.15) is 0 Å². The minimum Gasteiger partial charge on any atom is -0.322 e. The first-order valence-electron chi connectivity index (χ1n) is 9.36. The van der Waals surface area contributed by atoms with Gasteiger partial charge in [-0.1, -0.05) is 44.2 Å². The number of hydrogen-bond donors (Lipinski definition) is 1. The second-order valence-corrected chi connectivity index (χ2v) is 7.14. The quantitative estimate of drug-likeness (QED) is 0.856. The van der Waals surface area contributed by atoms with Crippen molar-refractivity contribution >= 4 is 11.6 Å². The van der Waals surface area contributed by atoms with Gasteiger partial charge in [-0.25, -0.2) is 0 Å². The molecular formula is C22H28N2O. The van der Waals surface area contributed by atoms with E-state index in [1.165, 1.54) is 31.5 Å². The predicted molar refractivity (Wildman–Crippen MR) is 104 cm³/mol. The lowest BCUT2D eigenvalue weighted by molar-refractivity contribution is 0.102. The fourth-order valence-corrected chi connectivity index (χ4v) is 3.60. The lowest BCUT2D eigenvalue weighted by Crippen LogP contribution is -2.33. The zero-order valence-corrected chi connectivity index (χ0v) is 15.3. The van der Waals surface area contributed by atoms with E-state index in [0.29, 0.717) is 5.56 Å². The van der Waals surface area contributed by atoms with Crippen molar-refractivity contribution in [1.29, 1.82) is 0 Å². The minimum absolute atomic E-state index is 0.0426. The number of nitrogens with one attached hydrogen (secondary N) is 1. The topological polar surface area (TPSA) is 32.3 Å². The molecule has 1 heterocycles. The van der Waals surface area contributed by atoms with Gasteiger partial charge in [0, 0.05) is 24.3 Å². The smallest absolute Gasteiger partial charge is 0.255 e. The van der Waals surface area contributed by atoms with E-state index >= 15 is 0 Å². The SMILES string of the molecule is CCc1ccccc1NC(=O)c1ccc(CN2CCC[C@@H](C)C2)cc1. The summed E-state index contributed by atoms with van der Waals surface area (Å²) in [6, 6.07) is 16.0. The van der Waals surface area contributed by atoms with Crippen LogP contribution in [0.4, 0.5) is 5.69 Å². The standard InChI is InChI=1S/C22H28N2O/c1-3-19-8-4-5-9-21(19)23-22(25)20-12-10-18(11-13-20)16-24-14-6-7-17(2)15-24/h4-5,8-13,17H,3,6-7,14-16H2,1-2H3,(H,23,25)/t17-/m1/s1. The van der Waals surface area contributed by atoms with Crippen LogP contribution in [0.5, 0.6) is 0 Å². The predicted octanol–water partition coefficient (Wildman–Crippen LogP) is 4.73. The van der Waals surface area contributed by atoms with Crippen LogP contribution in [0.25, 0.3) is 0 Å². The summed E-state index contributed by atoms with van der Waals surface area (Å²) in [6.45, 7) is 7.76. The van der Waals surface area contributed by atoms with Crippen molar-refractivity contribution in [3.8, 4) is 0 Å². The molecule has 2 aromatic rings. The number of carbonyl (C=O) groups is 1. The number of amides is 1. The van der Waals surface area contributed by atoms with E-state index < -0.39 is 0 Å². The first kappa shape index (κ1) is 17.7. The summed E-state index contributed by atoms with van der Waals surface area (Å²) in [4.78, 5) is 15.0. The van der Waals surface area contributed by atoms with Crippen LogP contribution in [0.2, 0.25) is 0 Å². The van der Waals surface area contributed by atoms with Gasteiger partial charge >= 0.3 is 0 Å². The molecule has 3 nitrogen and oxygen atoms in total. The van der Waals surface area contributed by atoms with Crippen LogP contribution in [-0.4, -0.2) is 23.9 Å². The van der Waals surface area contributed by atoms with Gasteiger partial charge in [0.15, 0.2) is 0 Å². The molecule has 25 heavy (non-hydrogen) atoms. The van der Waals surface area contributed by atoms with Gasteiger partial charge < -0.3 is 5.32 Å². The average Bonchev–Trinajstić information content (AvgIpc) is 2.63. The fourth-order valence-electron chi connectivity index (χ4n) is 3.60. The van der Waals surface area contributed by atoms with Gasteiger partial charge in [0.05, 0.1) is 0 Å². The Morgan fingerprint density at radius 3 is 2.64 bits per heavy atom. The Balaban J connectivity index is 1.62. The molecule has 1 fully saturated rings. The van der Waals surface area contributed by atoms with Gasteiger partial charge in [-0.05, 0) is 61.1 Å². The molecular weight excluding hydrogens is 308 g/mol. The van der Waals surface area contributed by atoms with Crippen molar-refractivity contribution in [1.82, 2.24) is 4.90 Å². The Hall–Kier alpha value is -2.13. The Morgan fingerprint density at radius 1 is 1.16 bits per heavy atom. The number of rotatable bonds is 5. The molecule has 1 atom stereocenters. The van der Waals surface area contributed by atoms with Crippen molar-refractivity contribution < 1.29 is 4.79 Å².